The fraction of sp³-hybridized carbons (Fsp3) is 0.820. The number of ketones is 1. The van der Waals surface area contributed by atoms with Gasteiger partial charge < -0.3 is 38.1 Å². The number of unbranched alkanes of at least 4 members (excludes halogenated alkanes) is 18. The van der Waals surface area contributed by atoms with Gasteiger partial charge in [0.25, 0.3) is 7.82 Å². The first-order chi connectivity index (χ1) is 30.2. The normalized spacial score (nSPS) is 19.0. The number of esters is 2. The molecule has 0 heterocycles. The van der Waals surface area contributed by atoms with Gasteiger partial charge in [0.1, 0.15) is 25.5 Å². The SMILES string of the molecule is CCCCCCCC/C=C\CCCCCCCCCCCC(=O)O[C@H](COC(=O)CCC/C=C\C[C@H]1C(=O)C[C@@H](O)[C@@H]1/C=C/[C@@H](O)CCCCC)COP(=O)([O-])OCC[N+](C)(C)C. The smallest absolute Gasteiger partial charge is 0.306 e. The number of carbonyl (C=O) groups excluding carboxylic acids is 3. The van der Waals surface area contributed by atoms with Crippen LogP contribution in [0.3, 0.4) is 0 Å². The molecule has 0 radical (unpaired) electrons. The van der Waals surface area contributed by atoms with E-state index in [1.54, 1.807) is 12.2 Å². The van der Waals surface area contributed by atoms with Gasteiger partial charge in [-0.15, -0.1) is 0 Å². The molecular formula is C50H90NO11P. The Labute approximate surface area is 382 Å². The third-order valence-corrected chi connectivity index (χ3v) is 12.5. The summed E-state index contributed by atoms with van der Waals surface area (Å²) in [5.41, 5.74) is 0. The van der Waals surface area contributed by atoms with Gasteiger partial charge >= 0.3 is 11.9 Å². The van der Waals surface area contributed by atoms with Gasteiger partial charge in [-0.05, 0) is 57.8 Å². The number of carbonyl (C=O) groups is 3. The highest BCUT2D eigenvalue weighted by atomic mass is 31.2. The summed E-state index contributed by atoms with van der Waals surface area (Å²) in [4.78, 5) is 50.4. The number of phosphoric acid groups is 1. The molecule has 1 rings (SSSR count). The van der Waals surface area contributed by atoms with E-state index in [9.17, 15) is 34.1 Å². The Bertz CT molecular complexity index is 1330. The molecule has 0 saturated heterocycles. The maximum absolute atomic E-state index is 12.8. The Hall–Kier alpha value is -2.18. The number of allylic oxidation sites excluding steroid dienone is 4. The van der Waals surface area contributed by atoms with Gasteiger partial charge in [0.2, 0.25) is 0 Å². The van der Waals surface area contributed by atoms with Crippen molar-refractivity contribution >= 4 is 25.5 Å². The summed E-state index contributed by atoms with van der Waals surface area (Å²) >= 11 is 0. The van der Waals surface area contributed by atoms with Gasteiger partial charge in [0.05, 0.1) is 40.0 Å². The van der Waals surface area contributed by atoms with E-state index in [4.69, 9.17) is 18.5 Å². The maximum Gasteiger partial charge on any atom is 0.306 e. The summed E-state index contributed by atoms with van der Waals surface area (Å²) in [6.45, 7) is 3.82. The fourth-order valence-electron chi connectivity index (χ4n) is 7.51. The molecule has 63 heavy (non-hydrogen) atoms. The van der Waals surface area contributed by atoms with Crippen molar-refractivity contribution in [2.75, 3.05) is 47.5 Å². The molecule has 6 atom stereocenters. The van der Waals surface area contributed by atoms with Crippen molar-refractivity contribution in [1.82, 2.24) is 0 Å². The zero-order valence-electron chi connectivity index (χ0n) is 40.2. The second-order valence-electron chi connectivity index (χ2n) is 18.6. The lowest BCUT2D eigenvalue weighted by atomic mass is 9.90. The number of likely N-dealkylation sites (N-methyl/N-ethyl adjacent to an activating group) is 1. The molecule has 0 aromatic rings. The number of nitrogens with zero attached hydrogens (tertiary/aromatic N) is 1. The van der Waals surface area contributed by atoms with E-state index in [1.807, 2.05) is 33.3 Å². The van der Waals surface area contributed by atoms with Gasteiger partial charge in [0, 0.05) is 31.1 Å². The van der Waals surface area contributed by atoms with Gasteiger partial charge in [-0.1, -0.05) is 147 Å². The third-order valence-electron chi connectivity index (χ3n) is 11.5. The van der Waals surface area contributed by atoms with E-state index in [0.29, 0.717) is 43.1 Å². The predicted molar refractivity (Wildman–Crippen MR) is 251 cm³/mol. The first-order valence-corrected chi connectivity index (χ1v) is 26.3. The monoisotopic (exact) mass is 912 g/mol. The summed E-state index contributed by atoms with van der Waals surface area (Å²) in [5, 5.41) is 20.7. The quantitative estimate of drug-likeness (QED) is 0.0197. The van der Waals surface area contributed by atoms with Crippen molar-refractivity contribution < 1.29 is 57.1 Å². The van der Waals surface area contributed by atoms with E-state index in [1.165, 1.54) is 83.5 Å². The van der Waals surface area contributed by atoms with Crippen LogP contribution in [0.1, 0.15) is 187 Å². The van der Waals surface area contributed by atoms with Crippen LogP contribution >= 0.6 is 7.82 Å². The van der Waals surface area contributed by atoms with Crippen molar-refractivity contribution in [2.45, 2.75) is 206 Å². The lowest BCUT2D eigenvalue weighted by Gasteiger charge is -2.28. The molecule has 366 valence electrons. The number of aliphatic hydroxyl groups excluding tert-OH is 2. The maximum atomic E-state index is 12.8. The average molecular weight is 912 g/mol. The van der Waals surface area contributed by atoms with Gasteiger partial charge in [-0.25, -0.2) is 0 Å². The number of rotatable bonds is 41. The second-order valence-corrected chi connectivity index (χ2v) is 20.0. The average Bonchev–Trinajstić information content (AvgIpc) is 3.50. The Balaban J connectivity index is 2.43. The summed E-state index contributed by atoms with van der Waals surface area (Å²) in [7, 11) is 1.02. The molecule has 1 saturated carbocycles. The molecule has 1 aliphatic rings. The minimum absolute atomic E-state index is 0.00169. The highest BCUT2D eigenvalue weighted by Gasteiger charge is 2.39. The van der Waals surface area contributed by atoms with Crippen LogP contribution in [-0.2, 0) is 37.5 Å². The minimum Gasteiger partial charge on any atom is -0.756 e. The minimum atomic E-state index is -4.70. The standard InChI is InChI=1S/C50H90NO11P/c1-6-8-10-11-12-13-14-15-16-17-18-19-20-21-22-23-24-25-31-35-50(56)62-44(42-61-63(57,58)60-39-38-51(3,4)5)41-59-49(55)34-30-27-26-29-33-45-46(48(54)40-47(45)53)37-36-43(52)32-28-9-7-2/h15-16,26,29,36-37,43-46,48,52,54H,6-14,17-25,27-28,30-35,38-42H2,1-5H3/b16-15-,29-26-,37-36+/t43-,44+,45+,46+,48+/m0/s1. The van der Waals surface area contributed by atoms with Crippen molar-refractivity contribution in [3.05, 3.63) is 36.5 Å². The topological polar surface area (TPSA) is 169 Å². The van der Waals surface area contributed by atoms with Crippen LogP contribution in [0.15, 0.2) is 36.5 Å². The largest absolute Gasteiger partial charge is 0.756 e. The highest BCUT2D eigenvalue weighted by molar-refractivity contribution is 7.45. The molecule has 0 amide bonds. The van der Waals surface area contributed by atoms with Crippen LogP contribution in [0, 0.1) is 11.8 Å². The van der Waals surface area contributed by atoms with Crippen molar-refractivity contribution in [1.29, 1.82) is 0 Å². The molecule has 1 aliphatic carbocycles. The fourth-order valence-corrected chi connectivity index (χ4v) is 8.24. The molecule has 12 nitrogen and oxygen atoms in total. The summed E-state index contributed by atoms with van der Waals surface area (Å²) in [6, 6.07) is 0. The number of aliphatic hydroxyl groups is 2. The lowest BCUT2D eigenvalue weighted by Crippen LogP contribution is -2.37. The van der Waals surface area contributed by atoms with Crippen molar-refractivity contribution in [2.24, 2.45) is 11.8 Å². The highest BCUT2D eigenvalue weighted by Crippen LogP contribution is 2.38. The molecule has 0 bridgehead atoms. The van der Waals surface area contributed by atoms with Gasteiger partial charge in [0.15, 0.2) is 6.10 Å². The van der Waals surface area contributed by atoms with Crippen molar-refractivity contribution in [3.63, 3.8) is 0 Å². The molecule has 0 aromatic carbocycles. The Morgan fingerprint density at radius 1 is 0.746 bits per heavy atom. The van der Waals surface area contributed by atoms with E-state index < -0.39 is 44.7 Å². The van der Waals surface area contributed by atoms with Crippen LogP contribution in [0.2, 0.25) is 0 Å². The molecule has 0 spiro atoms. The number of quaternary nitrogens is 1. The lowest BCUT2D eigenvalue weighted by molar-refractivity contribution is -0.870. The Kier molecular flexibility index (Phi) is 34.5. The number of Topliss-reactive ketones (excluding diaryl/α,β-unsaturated/α-hetero) is 1. The third kappa shape index (κ3) is 33.9. The number of hydrogen-bond acceptors (Lipinski definition) is 11. The van der Waals surface area contributed by atoms with Crippen molar-refractivity contribution in [3.8, 4) is 0 Å². The van der Waals surface area contributed by atoms with Gasteiger partial charge in [-0.2, -0.15) is 0 Å². The second kappa shape index (κ2) is 37.0. The molecule has 13 heteroatoms. The zero-order chi connectivity index (χ0) is 46.6. The molecule has 1 unspecified atom stereocenters. The first kappa shape index (κ1) is 58.8. The van der Waals surface area contributed by atoms with Gasteiger partial charge in [-0.3, -0.25) is 18.9 Å². The molecule has 0 aliphatic heterocycles. The Morgan fingerprint density at radius 3 is 1.90 bits per heavy atom. The van der Waals surface area contributed by atoms with E-state index in [-0.39, 0.29) is 50.1 Å². The van der Waals surface area contributed by atoms with Crippen LogP contribution in [0.5, 0.6) is 0 Å². The van der Waals surface area contributed by atoms with Crippen LogP contribution in [-0.4, -0.2) is 98.2 Å². The molecule has 2 N–H and O–H groups in total. The van der Waals surface area contributed by atoms with Crippen LogP contribution in [0.4, 0.5) is 0 Å². The number of phosphoric ester groups is 1. The van der Waals surface area contributed by atoms with E-state index in [0.717, 1.165) is 38.5 Å². The molecule has 0 aromatic heterocycles. The Morgan fingerprint density at radius 2 is 1.29 bits per heavy atom. The van der Waals surface area contributed by atoms with Crippen LogP contribution in [0.25, 0.3) is 0 Å². The van der Waals surface area contributed by atoms with Crippen LogP contribution < -0.4 is 4.89 Å². The summed E-state index contributed by atoms with van der Waals surface area (Å²) in [6.07, 6.45) is 35.3. The zero-order valence-corrected chi connectivity index (χ0v) is 41.1. The van der Waals surface area contributed by atoms with E-state index in [2.05, 4.69) is 26.0 Å². The summed E-state index contributed by atoms with van der Waals surface area (Å²) < 4.78 is 33.9. The number of ether oxygens (including phenoxy) is 2. The first-order valence-electron chi connectivity index (χ1n) is 24.8. The predicted octanol–water partition coefficient (Wildman–Crippen LogP) is 10.4. The number of hydrogen-bond donors (Lipinski definition) is 2. The van der Waals surface area contributed by atoms with E-state index >= 15 is 0 Å². The summed E-state index contributed by atoms with van der Waals surface area (Å²) in [5.74, 6) is -1.75. The molecular weight excluding hydrogens is 822 g/mol. The molecule has 1 fully saturated rings.